The molecule has 0 aliphatic heterocycles. The Morgan fingerprint density at radius 1 is 1.26 bits per heavy atom. The lowest BCUT2D eigenvalue weighted by atomic mass is 9.79. The molecule has 1 aromatic carbocycles. The number of carbonyl (C=O) groups is 1. The number of hydrogen-bond acceptors (Lipinski definition) is 2. The maximum absolute atomic E-state index is 12.5. The fourth-order valence-electron chi connectivity index (χ4n) is 2.09. The predicted molar refractivity (Wildman–Crippen MR) is 76.1 cm³/mol. The van der Waals surface area contributed by atoms with Crippen molar-refractivity contribution in [1.82, 2.24) is 9.78 Å². The van der Waals surface area contributed by atoms with Crippen LogP contribution in [0.15, 0.2) is 42.7 Å². The van der Waals surface area contributed by atoms with Crippen molar-refractivity contribution in [3.63, 3.8) is 0 Å². The van der Waals surface area contributed by atoms with Gasteiger partial charge in [0.15, 0.2) is 0 Å². The molecule has 0 amide bonds. The molecule has 0 spiro atoms. The lowest BCUT2D eigenvalue weighted by molar-refractivity contribution is -0.122. The van der Waals surface area contributed by atoms with E-state index in [1.165, 1.54) is 0 Å². The summed E-state index contributed by atoms with van der Waals surface area (Å²) in [6.07, 6.45) is 4.16. The molecule has 19 heavy (non-hydrogen) atoms. The number of hydrogen-bond donors (Lipinski definition) is 0. The van der Waals surface area contributed by atoms with Crippen LogP contribution < -0.4 is 0 Å². The van der Waals surface area contributed by atoms with Gasteiger partial charge in [-0.1, -0.05) is 30.3 Å². The minimum atomic E-state index is -0.463. The minimum Gasteiger partial charge on any atom is -0.298 e. The molecule has 0 fully saturated rings. The first-order valence-electron chi connectivity index (χ1n) is 6.64. The van der Waals surface area contributed by atoms with Crippen LogP contribution in [0.4, 0.5) is 0 Å². The third kappa shape index (κ3) is 2.92. The molecule has 0 atom stereocenters. The number of Topliss-reactive ketones (excluding diaryl/α,β-unsaturated/α-hetero) is 1. The van der Waals surface area contributed by atoms with Crippen molar-refractivity contribution in [3.8, 4) is 0 Å². The molecule has 0 N–H and O–H groups in total. The van der Waals surface area contributed by atoms with Gasteiger partial charge < -0.3 is 0 Å². The van der Waals surface area contributed by atoms with Gasteiger partial charge in [-0.3, -0.25) is 9.48 Å². The van der Waals surface area contributed by atoms with Crippen LogP contribution in [-0.4, -0.2) is 15.6 Å². The Hall–Kier alpha value is -1.90. The van der Waals surface area contributed by atoms with Crippen LogP contribution in [0.3, 0.4) is 0 Å². The summed E-state index contributed by atoms with van der Waals surface area (Å²) >= 11 is 0. The lowest BCUT2D eigenvalue weighted by Gasteiger charge is -2.23. The van der Waals surface area contributed by atoms with Crippen molar-refractivity contribution in [2.24, 2.45) is 0 Å². The molecule has 1 aromatic heterocycles. The number of nitrogens with zero attached hydrogens (tertiary/aromatic N) is 2. The molecule has 1 heterocycles. The van der Waals surface area contributed by atoms with E-state index in [0.29, 0.717) is 6.42 Å². The number of aromatic nitrogens is 2. The van der Waals surface area contributed by atoms with Gasteiger partial charge in [0, 0.05) is 24.6 Å². The Morgan fingerprint density at radius 3 is 2.53 bits per heavy atom. The monoisotopic (exact) mass is 256 g/mol. The minimum absolute atomic E-state index is 0.217. The van der Waals surface area contributed by atoms with Crippen LogP contribution in [0.25, 0.3) is 0 Å². The molecular weight excluding hydrogens is 236 g/mol. The summed E-state index contributed by atoms with van der Waals surface area (Å²) in [5.74, 6) is 0.217. The van der Waals surface area contributed by atoms with E-state index in [9.17, 15) is 4.79 Å². The van der Waals surface area contributed by atoms with Gasteiger partial charge in [-0.15, -0.1) is 0 Å². The third-order valence-electron chi connectivity index (χ3n) is 3.57. The van der Waals surface area contributed by atoms with Crippen molar-refractivity contribution >= 4 is 5.78 Å². The SMILES string of the molecule is CCn1cc(CC(=O)C(C)(C)c2ccccc2)cn1. The molecule has 3 heteroatoms. The molecule has 2 rings (SSSR count). The zero-order chi connectivity index (χ0) is 13.9. The maximum atomic E-state index is 12.5. The molecule has 2 aromatic rings. The van der Waals surface area contributed by atoms with Crippen LogP contribution in [0, 0.1) is 0 Å². The number of rotatable bonds is 5. The van der Waals surface area contributed by atoms with Crippen LogP contribution in [0.5, 0.6) is 0 Å². The molecule has 0 aliphatic rings. The molecule has 0 unspecified atom stereocenters. The van der Waals surface area contributed by atoms with Gasteiger partial charge in [0.25, 0.3) is 0 Å². The van der Waals surface area contributed by atoms with E-state index in [1.807, 2.05) is 62.0 Å². The summed E-state index contributed by atoms with van der Waals surface area (Å²) in [6, 6.07) is 9.93. The van der Waals surface area contributed by atoms with Crippen molar-refractivity contribution in [2.45, 2.75) is 39.2 Å². The first-order chi connectivity index (χ1) is 9.04. The molecule has 100 valence electrons. The van der Waals surface area contributed by atoms with E-state index in [2.05, 4.69) is 5.10 Å². The Labute approximate surface area is 114 Å². The highest BCUT2D eigenvalue weighted by Crippen LogP contribution is 2.25. The molecule has 0 saturated heterocycles. The molecular formula is C16H20N2O. The maximum Gasteiger partial charge on any atom is 0.147 e. The molecule has 0 aliphatic carbocycles. The second-order valence-electron chi connectivity index (χ2n) is 5.30. The smallest absolute Gasteiger partial charge is 0.147 e. The fourth-order valence-corrected chi connectivity index (χ4v) is 2.09. The Balaban J connectivity index is 2.15. The highest BCUT2D eigenvalue weighted by molar-refractivity contribution is 5.90. The van der Waals surface area contributed by atoms with Crippen LogP contribution in [0.2, 0.25) is 0 Å². The Morgan fingerprint density at radius 2 is 1.95 bits per heavy atom. The van der Waals surface area contributed by atoms with E-state index < -0.39 is 5.41 Å². The lowest BCUT2D eigenvalue weighted by Crippen LogP contribution is -2.30. The Kier molecular flexibility index (Phi) is 3.84. The second-order valence-corrected chi connectivity index (χ2v) is 5.30. The molecule has 0 radical (unpaired) electrons. The van der Waals surface area contributed by atoms with E-state index in [0.717, 1.165) is 17.7 Å². The van der Waals surface area contributed by atoms with E-state index in [1.54, 1.807) is 6.20 Å². The van der Waals surface area contributed by atoms with Crippen LogP contribution in [0.1, 0.15) is 31.9 Å². The summed E-state index contributed by atoms with van der Waals surface area (Å²) in [5, 5.41) is 4.21. The van der Waals surface area contributed by atoms with Crippen molar-refractivity contribution in [3.05, 3.63) is 53.9 Å². The molecule has 0 saturated carbocycles. The van der Waals surface area contributed by atoms with Gasteiger partial charge >= 0.3 is 0 Å². The van der Waals surface area contributed by atoms with Gasteiger partial charge in [-0.2, -0.15) is 5.10 Å². The number of aryl methyl sites for hydroxylation is 1. The molecule has 0 bridgehead atoms. The summed E-state index contributed by atoms with van der Waals surface area (Å²) < 4.78 is 1.85. The summed E-state index contributed by atoms with van der Waals surface area (Å²) in [4.78, 5) is 12.5. The van der Waals surface area contributed by atoms with Crippen molar-refractivity contribution in [1.29, 1.82) is 0 Å². The Bertz CT molecular complexity index is 555. The van der Waals surface area contributed by atoms with Gasteiger partial charge in [-0.05, 0) is 31.9 Å². The van der Waals surface area contributed by atoms with Crippen LogP contribution >= 0.6 is 0 Å². The summed E-state index contributed by atoms with van der Waals surface area (Å²) in [6.45, 7) is 6.83. The zero-order valence-corrected chi connectivity index (χ0v) is 11.8. The number of benzene rings is 1. The van der Waals surface area contributed by atoms with Crippen molar-refractivity contribution in [2.75, 3.05) is 0 Å². The van der Waals surface area contributed by atoms with Gasteiger partial charge in [0.2, 0.25) is 0 Å². The largest absolute Gasteiger partial charge is 0.298 e. The van der Waals surface area contributed by atoms with Crippen LogP contribution in [-0.2, 0) is 23.2 Å². The topological polar surface area (TPSA) is 34.9 Å². The summed E-state index contributed by atoms with van der Waals surface area (Å²) in [5.41, 5.74) is 1.58. The standard InChI is InChI=1S/C16H20N2O/c1-4-18-12-13(11-17-18)10-15(19)16(2,3)14-8-6-5-7-9-14/h5-9,11-12H,4,10H2,1-3H3. The van der Waals surface area contributed by atoms with Gasteiger partial charge in [-0.25, -0.2) is 0 Å². The zero-order valence-electron chi connectivity index (χ0n) is 11.8. The van der Waals surface area contributed by atoms with E-state index in [-0.39, 0.29) is 5.78 Å². The second kappa shape index (κ2) is 5.39. The van der Waals surface area contributed by atoms with Gasteiger partial charge in [0.05, 0.1) is 6.20 Å². The number of ketones is 1. The predicted octanol–water partition coefficient (Wildman–Crippen LogP) is 2.99. The number of carbonyl (C=O) groups excluding carboxylic acids is 1. The van der Waals surface area contributed by atoms with Crippen molar-refractivity contribution < 1.29 is 4.79 Å². The van der Waals surface area contributed by atoms with E-state index >= 15 is 0 Å². The normalized spacial score (nSPS) is 11.5. The average Bonchev–Trinajstić information content (AvgIpc) is 2.87. The quantitative estimate of drug-likeness (QED) is 0.824. The third-order valence-corrected chi connectivity index (χ3v) is 3.57. The highest BCUT2D eigenvalue weighted by Gasteiger charge is 2.29. The fraction of sp³-hybridized carbons (Fsp3) is 0.375. The van der Waals surface area contributed by atoms with Gasteiger partial charge in [0.1, 0.15) is 5.78 Å². The molecule has 3 nitrogen and oxygen atoms in total. The average molecular weight is 256 g/mol. The highest BCUT2D eigenvalue weighted by atomic mass is 16.1. The first kappa shape index (κ1) is 13.5. The summed E-state index contributed by atoms with van der Waals surface area (Å²) in [7, 11) is 0. The van der Waals surface area contributed by atoms with E-state index in [4.69, 9.17) is 0 Å². The first-order valence-corrected chi connectivity index (χ1v) is 6.64.